The van der Waals surface area contributed by atoms with Crippen molar-refractivity contribution >= 4 is 11.6 Å². The lowest BCUT2D eigenvalue weighted by Gasteiger charge is -2.30. The minimum atomic E-state index is -0.415. The fourth-order valence-corrected chi connectivity index (χ4v) is 2.70. The van der Waals surface area contributed by atoms with Crippen molar-refractivity contribution in [1.82, 2.24) is 0 Å². The van der Waals surface area contributed by atoms with Crippen molar-refractivity contribution < 1.29 is 18.7 Å². The van der Waals surface area contributed by atoms with Gasteiger partial charge in [-0.3, -0.25) is 4.79 Å². The number of carbonyl (C=O) groups is 1. The maximum Gasteiger partial charge on any atom is 0.228 e. The van der Waals surface area contributed by atoms with Gasteiger partial charge in [-0.05, 0) is 57.5 Å². The van der Waals surface area contributed by atoms with Crippen LogP contribution in [0.2, 0.25) is 0 Å². The number of rotatable bonds is 4. The SMILES string of the molecule is CC1(C)OC(c2ccc(CC(=O)Nc3ccc(F)cc3)cc2)OC1(C)C. The Morgan fingerprint density at radius 2 is 1.50 bits per heavy atom. The molecule has 0 aromatic heterocycles. The molecule has 0 bridgehead atoms. The van der Waals surface area contributed by atoms with Crippen molar-refractivity contribution in [1.29, 1.82) is 0 Å². The molecule has 3 rings (SSSR count). The molecule has 0 atom stereocenters. The first kappa shape index (κ1) is 18.5. The molecule has 1 aliphatic heterocycles. The normalized spacial score (nSPS) is 18.7. The van der Waals surface area contributed by atoms with Crippen LogP contribution in [0.1, 0.15) is 45.1 Å². The van der Waals surface area contributed by atoms with Crippen LogP contribution in [0.3, 0.4) is 0 Å². The summed E-state index contributed by atoms with van der Waals surface area (Å²) in [5, 5.41) is 2.75. The Labute approximate surface area is 153 Å². The molecule has 5 heteroatoms. The van der Waals surface area contributed by atoms with E-state index in [1.165, 1.54) is 24.3 Å². The summed E-state index contributed by atoms with van der Waals surface area (Å²) in [6, 6.07) is 13.3. The molecule has 0 saturated carbocycles. The maximum atomic E-state index is 12.9. The Hall–Kier alpha value is -2.24. The number of benzene rings is 2. The van der Waals surface area contributed by atoms with E-state index >= 15 is 0 Å². The molecule has 2 aromatic carbocycles. The van der Waals surface area contributed by atoms with E-state index in [-0.39, 0.29) is 29.3 Å². The quantitative estimate of drug-likeness (QED) is 0.869. The minimum Gasteiger partial charge on any atom is -0.339 e. The second-order valence-electron chi connectivity index (χ2n) is 7.56. The number of nitrogens with one attached hydrogen (secondary N) is 1. The second kappa shape index (κ2) is 6.82. The lowest BCUT2D eigenvalue weighted by Crippen LogP contribution is -2.41. The summed E-state index contributed by atoms with van der Waals surface area (Å²) in [6.45, 7) is 8.06. The predicted octanol–water partition coefficient (Wildman–Crippen LogP) is 4.61. The first-order valence-electron chi connectivity index (χ1n) is 8.66. The molecule has 1 heterocycles. The lowest BCUT2D eigenvalue weighted by atomic mass is 9.90. The molecular formula is C21H24FNO3. The molecular weight excluding hydrogens is 333 g/mol. The van der Waals surface area contributed by atoms with Gasteiger partial charge in [-0.15, -0.1) is 0 Å². The van der Waals surface area contributed by atoms with Crippen molar-refractivity contribution in [2.45, 2.75) is 51.6 Å². The average Bonchev–Trinajstić information content (AvgIpc) is 2.78. The van der Waals surface area contributed by atoms with Gasteiger partial charge in [-0.2, -0.15) is 0 Å². The van der Waals surface area contributed by atoms with Crippen LogP contribution in [0.5, 0.6) is 0 Å². The van der Waals surface area contributed by atoms with Crippen LogP contribution in [-0.2, 0) is 20.7 Å². The molecule has 0 aliphatic carbocycles. The molecule has 26 heavy (non-hydrogen) atoms. The Bertz CT molecular complexity index is 766. The van der Waals surface area contributed by atoms with Crippen molar-refractivity contribution in [3.63, 3.8) is 0 Å². The summed E-state index contributed by atoms with van der Waals surface area (Å²) < 4.78 is 25.0. The lowest BCUT2D eigenvalue weighted by molar-refractivity contribution is -0.115. The number of halogens is 1. The van der Waals surface area contributed by atoms with E-state index in [0.29, 0.717) is 5.69 Å². The van der Waals surface area contributed by atoms with Gasteiger partial charge in [-0.1, -0.05) is 24.3 Å². The van der Waals surface area contributed by atoms with Gasteiger partial charge < -0.3 is 14.8 Å². The van der Waals surface area contributed by atoms with Crippen LogP contribution >= 0.6 is 0 Å². The molecule has 1 saturated heterocycles. The third-order valence-electron chi connectivity index (χ3n) is 5.00. The average molecular weight is 357 g/mol. The molecule has 0 spiro atoms. The smallest absolute Gasteiger partial charge is 0.228 e. The third kappa shape index (κ3) is 3.94. The highest BCUT2D eigenvalue weighted by atomic mass is 19.1. The van der Waals surface area contributed by atoms with Crippen molar-refractivity contribution in [3.05, 3.63) is 65.5 Å². The first-order chi connectivity index (χ1) is 12.2. The summed E-state index contributed by atoms with van der Waals surface area (Å²) in [5.41, 5.74) is 1.61. The fraction of sp³-hybridized carbons (Fsp3) is 0.381. The summed E-state index contributed by atoms with van der Waals surface area (Å²) in [4.78, 5) is 12.1. The van der Waals surface area contributed by atoms with Gasteiger partial charge in [0.2, 0.25) is 5.91 Å². The zero-order chi connectivity index (χ0) is 18.9. The Kier molecular flexibility index (Phi) is 4.86. The van der Waals surface area contributed by atoms with Crippen LogP contribution in [-0.4, -0.2) is 17.1 Å². The number of amides is 1. The molecule has 4 nitrogen and oxygen atoms in total. The van der Waals surface area contributed by atoms with E-state index in [9.17, 15) is 9.18 Å². The van der Waals surface area contributed by atoms with Gasteiger partial charge in [-0.25, -0.2) is 4.39 Å². The molecule has 138 valence electrons. The Morgan fingerprint density at radius 1 is 0.962 bits per heavy atom. The molecule has 1 N–H and O–H groups in total. The Morgan fingerprint density at radius 3 is 2.04 bits per heavy atom. The van der Waals surface area contributed by atoms with Crippen LogP contribution in [0.4, 0.5) is 10.1 Å². The summed E-state index contributed by atoms with van der Waals surface area (Å²) in [5.74, 6) is -0.485. The van der Waals surface area contributed by atoms with Crippen LogP contribution in [0.25, 0.3) is 0 Å². The van der Waals surface area contributed by atoms with Gasteiger partial charge in [0.1, 0.15) is 5.82 Å². The molecule has 2 aromatic rings. The number of carbonyl (C=O) groups excluding carboxylic acids is 1. The molecule has 0 unspecified atom stereocenters. The molecule has 1 aliphatic rings. The van der Waals surface area contributed by atoms with Gasteiger partial charge in [0.05, 0.1) is 17.6 Å². The minimum absolute atomic E-state index is 0.153. The van der Waals surface area contributed by atoms with Crippen molar-refractivity contribution in [2.24, 2.45) is 0 Å². The van der Waals surface area contributed by atoms with Gasteiger partial charge in [0, 0.05) is 11.3 Å². The van der Waals surface area contributed by atoms with E-state index < -0.39 is 6.29 Å². The van der Waals surface area contributed by atoms with E-state index in [2.05, 4.69) is 5.32 Å². The predicted molar refractivity (Wildman–Crippen MR) is 98.2 cm³/mol. The number of hydrogen-bond acceptors (Lipinski definition) is 3. The summed E-state index contributed by atoms with van der Waals surface area (Å²) in [7, 11) is 0. The Balaban J connectivity index is 1.61. The third-order valence-corrected chi connectivity index (χ3v) is 5.00. The molecule has 0 radical (unpaired) electrons. The fourth-order valence-electron chi connectivity index (χ4n) is 2.70. The van der Waals surface area contributed by atoms with Gasteiger partial charge in [0.15, 0.2) is 6.29 Å². The van der Waals surface area contributed by atoms with Crippen molar-refractivity contribution in [3.8, 4) is 0 Å². The zero-order valence-electron chi connectivity index (χ0n) is 15.5. The molecule has 1 amide bonds. The monoisotopic (exact) mass is 357 g/mol. The highest BCUT2D eigenvalue weighted by Crippen LogP contribution is 2.44. The van der Waals surface area contributed by atoms with E-state index in [1.807, 2.05) is 52.0 Å². The van der Waals surface area contributed by atoms with Crippen molar-refractivity contribution in [2.75, 3.05) is 5.32 Å². The van der Waals surface area contributed by atoms with Gasteiger partial charge in [0.25, 0.3) is 0 Å². The summed E-state index contributed by atoms with van der Waals surface area (Å²) >= 11 is 0. The summed E-state index contributed by atoms with van der Waals surface area (Å²) in [6.07, 6.45) is -0.178. The van der Waals surface area contributed by atoms with Crippen LogP contribution in [0.15, 0.2) is 48.5 Å². The number of hydrogen-bond donors (Lipinski definition) is 1. The second-order valence-corrected chi connectivity index (χ2v) is 7.56. The highest BCUT2D eigenvalue weighted by molar-refractivity contribution is 5.92. The number of ether oxygens (including phenoxy) is 2. The topological polar surface area (TPSA) is 47.6 Å². The van der Waals surface area contributed by atoms with Crippen LogP contribution < -0.4 is 5.32 Å². The van der Waals surface area contributed by atoms with E-state index in [1.54, 1.807) is 0 Å². The maximum absolute atomic E-state index is 12.9. The van der Waals surface area contributed by atoms with E-state index in [4.69, 9.17) is 9.47 Å². The van der Waals surface area contributed by atoms with Crippen LogP contribution in [0, 0.1) is 5.82 Å². The van der Waals surface area contributed by atoms with E-state index in [0.717, 1.165) is 11.1 Å². The van der Waals surface area contributed by atoms with Gasteiger partial charge >= 0.3 is 0 Å². The largest absolute Gasteiger partial charge is 0.339 e. The molecule has 1 fully saturated rings. The standard InChI is InChI=1S/C21H24FNO3/c1-20(2)21(3,4)26-19(25-20)15-7-5-14(6-8-15)13-18(24)23-17-11-9-16(22)10-12-17/h5-12,19H,13H2,1-4H3,(H,23,24). The number of anilines is 1. The first-order valence-corrected chi connectivity index (χ1v) is 8.66. The highest BCUT2D eigenvalue weighted by Gasteiger charge is 2.49. The zero-order valence-corrected chi connectivity index (χ0v) is 15.5.